The molecule has 0 aliphatic carbocycles. The molecule has 0 bridgehead atoms. The molecule has 3 aromatic rings. The van der Waals surface area contributed by atoms with E-state index in [1.165, 1.54) is 6.92 Å². The SMILES string of the molecule is CC(=O)Nc1ccc(NC(=O)COC(=O)c2c(C)nn(Cc3ccccc3)c2C)cc1. The molecule has 1 heterocycles. The quantitative estimate of drug-likeness (QED) is 0.571. The topological polar surface area (TPSA) is 102 Å². The predicted octanol–water partition coefficient (Wildman–Crippen LogP) is 3.30. The number of benzene rings is 2. The number of hydrogen-bond acceptors (Lipinski definition) is 5. The number of aromatic nitrogens is 2. The number of aryl methyl sites for hydroxylation is 1. The Morgan fingerprint density at radius 1 is 0.935 bits per heavy atom. The van der Waals surface area contributed by atoms with E-state index in [1.807, 2.05) is 30.3 Å². The van der Waals surface area contributed by atoms with Gasteiger partial charge in [0.25, 0.3) is 5.91 Å². The predicted molar refractivity (Wildman–Crippen MR) is 117 cm³/mol. The molecule has 1 aromatic heterocycles. The largest absolute Gasteiger partial charge is 0.452 e. The summed E-state index contributed by atoms with van der Waals surface area (Å²) in [5.41, 5.74) is 3.81. The van der Waals surface area contributed by atoms with Gasteiger partial charge in [0.05, 0.1) is 17.9 Å². The van der Waals surface area contributed by atoms with E-state index in [1.54, 1.807) is 42.8 Å². The monoisotopic (exact) mass is 420 g/mol. The first kappa shape index (κ1) is 21.8. The van der Waals surface area contributed by atoms with Crippen molar-refractivity contribution >= 4 is 29.2 Å². The van der Waals surface area contributed by atoms with Crippen LogP contribution >= 0.6 is 0 Å². The number of carbonyl (C=O) groups excluding carboxylic acids is 3. The normalized spacial score (nSPS) is 10.4. The van der Waals surface area contributed by atoms with Crippen molar-refractivity contribution in [2.45, 2.75) is 27.3 Å². The molecule has 0 unspecified atom stereocenters. The zero-order valence-corrected chi connectivity index (χ0v) is 17.6. The number of anilines is 2. The molecule has 0 spiro atoms. The average molecular weight is 420 g/mol. The van der Waals surface area contributed by atoms with Crippen LogP contribution in [0.5, 0.6) is 0 Å². The maximum atomic E-state index is 12.6. The Hall–Kier alpha value is -3.94. The molecule has 2 N–H and O–H groups in total. The van der Waals surface area contributed by atoms with Crippen molar-refractivity contribution in [3.05, 3.63) is 77.1 Å². The summed E-state index contributed by atoms with van der Waals surface area (Å²) < 4.78 is 6.95. The third kappa shape index (κ3) is 5.79. The lowest BCUT2D eigenvalue weighted by Crippen LogP contribution is -2.21. The minimum absolute atomic E-state index is 0.179. The number of hydrogen-bond donors (Lipinski definition) is 2. The van der Waals surface area contributed by atoms with E-state index in [0.29, 0.717) is 34.9 Å². The Kier molecular flexibility index (Phi) is 6.81. The summed E-state index contributed by atoms with van der Waals surface area (Å²) in [6.07, 6.45) is 0. The van der Waals surface area contributed by atoms with Gasteiger partial charge < -0.3 is 15.4 Å². The molecular formula is C23H24N4O4. The second-order valence-corrected chi connectivity index (χ2v) is 7.07. The van der Waals surface area contributed by atoms with Crippen molar-refractivity contribution in [1.82, 2.24) is 9.78 Å². The van der Waals surface area contributed by atoms with Crippen LogP contribution in [0.1, 0.15) is 34.2 Å². The number of esters is 1. The number of nitrogens with zero attached hydrogens (tertiary/aromatic N) is 2. The smallest absolute Gasteiger partial charge is 0.342 e. The van der Waals surface area contributed by atoms with Gasteiger partial charge in [0.1, 0.15) is 5.56 Å². The van der Waals surface area contributed by atoms with Gasteiger partial charge in [0, 0.05) is 18.3 Å². The van der Waals surface area contributed by atoms with Crippen LogP contribution in [0.15, 0.2) is 54.6 Å². The van der Waals surface area contributed by atoms with Crippen molar-refractivity contribution < 1.29 is 19.1 Å². The molecule has 0 saturated carbocycles. The van der Waals surface area contributed by atoms with Crippen LogP contribution in [-0.2, 0) is 20.9 Å². The molecule has 0 aliphatic heterocycles. The third-order valence-corrected chi connectivity index (χ3v) is 4.58. The van der Waals surface area contributed by atoms with Gasteiger partial charge >= 0.3 is 5.97 Å². The second kappa shape index (κ2) is 9.71. The fourth-order valence-corrected chi connectivity index (χ4v) is 3.14. The fourth-order valence-electron chi connectivity index (χ4n) is 3.14. The molecular weight excluding hydrogens is 396 g/mol. The van der Waals surface area contributed by atoms with Crippen LogP contribution in [0, 0.1) is 13.8 Å². The first-order valence-corrected chi connectivity index (χ1v) is 9.76. The molecule has 0 radical (unpaired) electrons. The summed E-state index contributed by atoms with van der Waals surface area (Å²) in [6, 6.07) is 16.4. The van der Waals surface area contributed by atoms with Gasteiger partial charge in [0.15, 0.2) is 6.61 Å². The average Bonchev–Trinajstić information content (AvgIpc) is 3.01. The molecule has 0 atom stereocenters. The molecule has 31 heavy (non-hydrogen) atoms. The third-order valence-electron chi connectivity index (χ3n) is 4.58. The Bertz CT molecular complexity index is 1090. The van der Waals surface area contributed by atoms with Crippen molar-refractivity contribution in [2.75, 3.05) is 17.2 Å². The van der Waals surface area contributed by atoms with Crippen molar-refractivity contribution in [1.29, 1.82) is 0 Å². The summed E-state index contributed by atoms with van der Waals surface area (Å²) in [5.74, 6) is -1.24. The first-order chi connectivity index (χ1) is 14.8. The van der Waals surface area contributed by atoms with E-state index in [-0.39, 0.29) is 5.91 Å². The lowest BCUT2D eigenvalue weighted by molar-refractivity contribution is -0.119. The molecule has 2 amide bonds. The zero-order chi connectivity index (χ0) is 22.4. The van der Waals surface area contributed by atoms with E-state index in [2.05, 4.69) is 15.7 Å². The Morgan fingerprint density at radius 3 is 2.16 bits per heavy atom. The highest BCUT2D eigenvalue weighted by Gasteiger charge is 2.21. The summed E-state index contributed by atoms with van der Waals surface area (Å²) in [5, 5.41) is 9.72. The molecule has 8 nitrogen and oxygen atoms in total. The molecule has 0 aliphatic rings. The van der Waals surface area contributed by atoms with Gasteiger partial charge in [0.2, 0.25) is 5.91 Å². The van der Waals surface area contributed by atoms with Crippen LogP contribution < -0.4 is 10.6 Å². The minimum atomic E-state index is -0.592. The maximum Gasteiger partial charge on any atom is 0.342 e. The number of ether oxygens (including phenoxy) is 1. The lowest BCUT2D eigenvalue weighted by atomic mass is 10.2. The highest BCUT2D eigenvalue weighted by Crippen LogP contribution is 2.17. The van der Waals surface area contributed by atoms with Crippen LogP contribution in [0.3, 0.4) is 0 Å². The van der Waals surface area contributed by atoms with E-state index in [4.69, 9.17) is 4.74 Å². The van der Waals surface area contributed by atoms with Crippen LogP contribution in [0.4, 0.5) is 11.4 Å². The molecule has 8 heteroatoms. The molecule has 2 aromatic carbocycles. The van der Waals surface area contributed by atoms with E-state index >= 15 is 0 Å². The lowest BCUT2D eigenvalue weighted by Gasteiger charge is -2.08. The van der Waals surface area contributed by atoms with Gasteiger partial charge in [-0.1, -0.05) is 30.3 Å². The van der Waals surface area contributed by atoms with Crippen molar-refractivity contribution in [3.8, 4) is 0 Å². The van der Waals surface area contributed by atoms with Gasteiger partial charge in [-0.15, -0.1) is 0 Å². The number of carbonyl (C=O) groups is 3. The highest BCUT2D eigenvalue weighted by molar-refractivity contribution is 5.96. The van der Waals surface area contributed by atoms with Gasteiger partial charge in [-0.05, 0) is 43.7 Å². The Labute approximate surface area is 180 Å². The Balaban J connectivity index is 1.58. The second-order valence-electron chi connectivity index (χ2n) is 7.07. The van der Waals surface area contributed by atoms with Crippen LogP contribution in [-0.4, -0.2) is 34.2 Å². The number of rotatable bonds is 7. The summed E-state index contributed by atoms with van der Waals surface area (Å²) >= 11 is 0. The van der Waals surface area contributed by atoms with E-state index in [9.17, 15) is 14.4 Å². The van der Waals surface area contributed by atoms with Crippen LogP contribution in [0.2, 0.25) is 0 Å². The number of nitrogens with one attached hydrogen (secondary N) is 2. The standard InChI is InChI=1S/C23H24N4O4/c1-15-22(16(2)27(26-15)13-18-7-5-4-6-8-18)23(30)31-14-21(29)25-20-11-9-19(10-12-20)24-17(3)28/h4-12H,13-14H2,1-3H3,(H,24,28)(H,25,29). The molecule has 0 fully saturated rings. The van der Waals surface area contributed by atoms with E-state index < -0.39 is 18.5 Å². The highest BCUT2D eigenvalue weighted by atomic mass is 16.5. The first-order valence-electron chi connectivity index (χ1n) is 9.76. The van der Waals surface area contributed by atoms with E-state index in [0.717, 1.165) is 5.56 Å². The van der Waals surface area contributed by atoms with Gasteiger partial charge in [-0.25, -0.2) is 4.79 Å². The van der Waals surface area contributed by atoms with Crippen LogP contribution in [0.25, 0.3) is 0 Å². The summed E-state index contributed by atoms with van der Waals surface area (Å²) in [4.78, 5) is 35.8. The summed E-state index contributed by atoms with van der Waals surface area (Å²) in [7, 11) is 0. The Morgan fingerprint density at radius 2 is 1.55 bits per heavy atom. The molecule has 3 rings (SSSR count). The minimum Gasteiger partial charge on any atom is -0.452 e. The fraction of sp³-hybridized carbons (Fsp3) is 0.217. The molecule has 0 saturated heterocycles. The zero-order valence-electron chi connectivity index (χ0n) is 17.6. The maximum absolute atomic E-state index is 12.6. The molecule has 160 valence electrons. The summed E-state index contributed by atoms with van der Waals surface area (Å²) in [6.45, 7) is 5.07. The number of amides is 2. The van der Waals surface area contributed by atoms with Crippen molar-refractivity contribution in [2.24, 2.45) is 0 Å². The van der Waals surface area contributed by atoms with Gasteiger partial charge in [-0.3, -0.25) is 14.3 Å². The van der Waals surface area contributed by atoms with Crippen molar-refractivity contribution in [3.63, 3.8) is 0 Å². The van der Waals surface area contributed by atoms with Gasteiger partial charge in [-0.2, -0.15) is 5.10 Å².